The van der Waals surface area contributed by atoms with E-state index < -0.39 is 20.9 Å². The average molecular weight is 363 g/mol. The van der Waals surface area contributed by atoms with Crippen molar-refractivity contribution in [3.8, 4) is 0 Å². The first-order valence-electron chi connectivity index (χ1n) is 7.93. The molecule has 0 atom stereocenters. The van der Waals surface area contributed by atoms with E-state index in [1.54, 1.807) is 17.1 Å². The minimum absolute atomic E-state index is 0.215. The number of carbonyl (C=O) groups is 1. The average Bonchev–Trinajstić information content (AvgIpc) is 3.00. The van der Waals surface area contributed by atoms with Gasteiger partial charge in [0.2, 0.25) is 0 Å². The van der Waals surface area contributed by atoms with Crippen LogP contribution in [0.25, 0.3) is 0 Å². The summed E-state index contributed by atoms with van der Waals surface area (Å²) in [7, 11) is -0.404. The van der Waals surface area contributed by atoms with Gasteiger partial charge < -0.3 is 15.1 Å². The number of carbonyl (C=O) groups excluding carboxylic acids is 1. The van der Waals surface area contributed by atoms with E-state index in [1.165, 1.54) is 12.2 Å². The molecule has 2 aliphatic rings. The predicted molar refractivity (Wildman–Crippen MR) is 96.2 cm³/mol. The number of hydrogen-bond donors (Lipinski definition) is 2. The van der Waals surface area contributed by atoms with Gasteiger partial charge in [-0.05, 0) is 6.07 Å². The molecule has 1 heterocycles. The number of nitrogens with one attached hydrogen (secondary N) is 1. The molecule has 0 radical (unpaired) electrons. The number of amides is 2. The number of hydrogen-bond acceptors (Lipinski definition) is 4. The highest BCUT2D eigenvalue weighted by molar-refractivity contribution is 7.86. The molecule has 1 aromatic carbocycles. The fourth-order valence-electron chi connectivity index (χ4n) is 3.33. The zero-order chi connectivity index (χ0) is 18.2. The van der Waals surface area contributed by atoms with Crippen molar-refractivity contribution in [1.29, 1.82) is 0 Å². The Morgan fingerprint density at radius 1 is 1.24 bits per heavy atom. The summed E-state index contributed by atoms with van der Waals surface area (Å²) in [6.07, 6.45) is 6.21. The van der Waals surface area contributed by atoms with Crippen molar-refractivity contribution in [2.24, 2.45) is 0 Å². The number of para-hydroxylation sites is 1. The summed E-state index contributed by atoms with van der Waals surface area (Å²) in [5.41, 5.74) is 0.864. The maximum Gasteiger partial charge on any atom is 0.318 e. The minimum atomic E-state index is -4.22. The smallest absolute Gasteiger partial charge is 0.318 e. The lowest BCUT2D eigenvalue weighted by Gasteiger charge is -2.40. The van der Waals surface area contributed by atoms with E-state index in [0.717, 1.165) is 11.3 Å². The number of benzene rings is 1. The maximum absolute atomic E-state index is 12.4. The van der Waals surface area contributed by atoms with E-state index in [-0.39, 0.29) is 6.03 Å². The van der Waals surface area contributed by atoms with Crippen LogP contribution in [0.3, 0.4) is 0 Å². The number of rotatable bonds is 4. The second-order valence-corrected chi connectivity index (χ2v) is 7.89. The molecule has 0 unspecified atom stereocenters. The number of urea groups is 1. The molecule has 1 aromatic rings. The van der Waals surface area contributed by atoms with Gasteiger partial charge in [0.25, 0.3) is 10.1 Å². The molecule has 2 amide bonds. The fraction of sp³-hybridized carbons (Fsp3) is 0.353. The van der Waals surface area contributed by atoms with Gasteiger partial charge in [0, 0.05) is 38.4 Å². The molecule has 1 aliphatic heterocycles. The van der Waals surface area contributed by atoms with Crippen LogP contribution in [0, 0.1) is 0 Å². The van der Waals surface area contributed by atoms with Crippen molar-refractivity contribution in [1.82, 2.24) is 10.2 Å². The molecule has 25 heavy (non-hydrogen) atoms. The lowest BCUT2D eigenvalue weighted by molar-refractivity contribution is 0.187. The third-order valence-corrected chi connectivity index (χ3v) is 5.55. The van der Waals surface area contributed by atoms with Crippen LogP contribution >= 0.6 is 0 Å². The van der Waals surface area contributed by atoms with E-state index in [9.17, 15) is 17.8 Å². The predicted octanol–water partition coefficient (Wildman–Crippen LogP) is 1.36. The molecular formula is C17H21N3O4S. The molecule has 0 spiro atoms. The number of anilines is 1. The Kier molecular flexibility index (Phi) is 4.34. The van der Waals surface area contributed by atoms with Crippen molar-refractivity contribution >= 4 is 21.8 Å². The third-order valence-electron chi connectivity index (χ3n) is 4.54. The summed E-state index contributed by atoms with van der Waals surface area (Å²) in [5, 5.41) is 1.68. The van der Waals surface area contributed by atoms with E-state index >= 15 is 0 Å². The second-order valence-electron chi connectivity index (χ2n) is 6.32. The molecule has 0 saturated carbocycles. The normalized spacial score (nSPS) is 26.0. The van der Waals surface area contributed by atoms with Gasteiger partial charge >= 0.3 is 6.03 Å². The van der Waals surface area contributed by atoms with Crippen molar-refractivity contribution in [2.75, 3.05) is 32.1 Å². The Balaban J connectivity index is 2.17. The van der Waals surface area contributed by atoms with Gasteiger partial charge in [-0.25, -0.2) is 4.79 Å². The van der Waals surface area contributed by atoms with Crippen LogP contribution in [0.4, 0.5) is 10.5 Å². The van der Waals surface area contributed by atoms with Gasteiger partial charge in [-0.15, -0.1) is 0 Å². The highest BCUT2D eigenvalue weighted by Gasteiger charge is 2.43. The molecule has 134 valence electrons. The van der Waals surface area contributed by atoms with Crippen LogP contribution in [0.15, 0.2) is 48.6 Å². The van der Waals surface area contributed by atoms with Gasteiger partial charge in [0.1, 0.15) is 10.8 Å². The van der Waals surface area contributed by atoms with Crippen LogP contribution in [0.2, 0.25) is 0 Å². The summed E-state index contributed by atoms with van der Waals surface area (Å²) >= 11 is 0. The first-order valence-corrected chi connectivity index (χ1v) is 9.43. The van der Waals surface area contributed by atoms with Crippen molar-refractivity contribution < 1.29 is 17.8 Å². The van der Waals surface area contributed by atoms with Crippen LogP contribution in [-0.4, -0.2) is 56.3 Å². The van der Waals surface area contributed by atoms with E-state index in [4.69, 9.17) is 0 Å². The lowest BCUT2D eigenvalue weighted by Crippen LogP contribution is -2.47. The van der Waals surface area contributed by atoms with Gasteiger partial charge in [-0.1, -0.05) is 42.5 Å². The lowest BCUT2D eigenvalue weighted by atomic mass is 9.83. The summed E-state index contributed by atoms with van der Waals surface area (Å²) in [4.78, 5) is 16.0. The molecule has 1 fully saturated rings. The molecular weight excluding hydrogens is 342 g/mol. The van der Waals surface area contributed by atoms with Crippen molar-refractivity contribution in [2.45, 2.75) is 10.8 Å². The highest BCUT2D eigenvalue weighted by Crippen LogP contribution is 2.40. The second kappa shape index (κ2) is 6.20. The molecule has 2 N–H and O–H groups in total. The molecule has 7 nitrogen and oxygen atoms in total. The van der Waals surface area contributed by atoms with Gasteiger partial charge in [0.05, 0.1) is 0 Å². The summed E-state index contributed by atoms with van der Waals surface area (Å²) in [6, 6.07) is 7.45. The van der Waals surface area contributed by atoms with E-state index in [0.29, 0.717) is 13.1 Å². The van der Waals surface area contributed by atoms with Crippen LogP contribution in [0.1, 0.15) is 5.56 Å². The maximum atomic E-state index is 12.4. The molecule has 8 heteroatoms. The van der Waals surface area contributed by atoms with E-state index in [2.05, 4.69) is 5.32 Å². The topological polar surface area (TPSA) is 90.0 Å². The Morgan fingerprint density at radius 2 is 1.88 bits per heavy atom. The molecule has 1 aliphatic carbocycles. The zero-order valence-corrected chi connectivity index (χ0v) is 14.9. The molecule has 0 aromatic heterocycles. The minimum Gasteiger partial charge on any atom is -0.377 e. The van der Waals surface area contributed by atoms with Crippen molar-refractivity contribution in [3.63, 3.8) is 0 Å². The van der Waals surface area contributed by atoms with Crippen LogP contribution in [0.5, 0.6) is 0 Å². The Labute approximate surface area is 147 Å². The first kappa shape index (κ1) is 17.5. The Bertz CT molecular complexity index is 831. The fourth-order valence-corrected chi connectivity index (χ4v) is 3.89. The number of nitrogens with zero attached hydrogens (tertiary/aromatic N) is 2. The summed E-state index contributed by atoms with van der Waals surface area (Å²) < 4.78 is 32.2. The third kappa shape index (κ3) is 3.03. The molecule has 0 bridgehead atoms. The van der Waals surface area contributed by atoms with Gasteiger partial charge in [-0.2, -0.15) is 8.42 Å². The Hall–Kier alpha value is -2.32. The summed E-state index contributed by atoms with van der Waals surface area (Å²) in [6.45, 7) is 1.01. The SMILES string of the molecule is CN(C)c1ccccc1C1(N2CCNC2=O)C=CC(S(=O)(=O)O)C=C1. The standard InChI is InChI=1S/C17H21N3O4S/c1-19(2)15-6-4-3-5-14(15)17(20-12-11-18-16(20)21)9-7-13(8-10-17)25(22,23)24/h3-10,13H,11-12H2,1-2H3,(H,18,21)(H,22,23,24). The van der Waals surface area contributed by atoms with Crippen LogP contribution in [-0.2, 0) is 15.7 Å². The molecule has 1 saturated heterocycles. The zero-order valence-electron chi connectivity index (χ0n) is 14.1. The molecule has 3 rings (SSSR count). The monoisotopic (exact) mass is 363 g/mol. The Morgan fingerprint density at radius 3 is 2.40 bits per heavy atom. The van der Waals surface area contributed by atoms with Gasteiger partial charge in [0.15, 0.2) is 0 Å². The largest absolute Gasteiger partial charge is 0.377 e. The highest BCUT2D eigenvalue weighted by atomic mass is 32.2. The van der Waals surface area contributed by atoms with E-state index in [1.807, 2.05) is 43.3 Å². The van der Waals surface area contributed by atoms with Crippen LogP contribution < -0.4 is 10.2 Å². The van der Waals surface area contributed by atoms with Crippen molar-refractivity contribution in [3.05, 3.63) is 54.1 Å². The first-order chi connectivity index (χ1) is 11.8. The van der Waals surface area contributed by atoms with Gasteiger partial charge in [-0.3, -0.25) is 4.55 Å². The quantitative estimate of drug-likeness (QED) is 0.623. The summed E-state index contributed by atoms with van der Waals surface area (Å²) in [5.74, 6) is 0.